The number of aryl methyl sites for hydroxylation is 1. The first-order chi connectivity index (χ1) is 9.86. The molecule has 2 aliphatic heterocycles. The molecule has 0 N–H and O–H groups in total. The number of ether oxygens (including phenoxy) is 2. The largest absolute Gasteiger partial charge is 0.456 e. The van der Waals surface area contributed by atoms with Crippen molar-refractivity contribution in [1.82, 2.24) is 0 Å². The zero-order chi connectivity index (χ0) is 15.3. The minimum Gasteiger partial charge on any atom is -0.456 e. The fourth-order valence-electron chi connectivity index (χ4n) is 3.73. The fraction of sp³-hybridized carbons (Fsp3) is 0.611. The number of benzene rings is 1. The Kier molecular flexibility index (Phi) is 3.36. The summed E-state index contributed by atoms with van der Waals surface area (Å²) in [5.41, 5.74) is 1.19. The normalized spacial score (nSPS) is 34.4. The summed E-state index contributed by atoms with van der Waals surface area (Å²) in [5, 5.41) is 0. The van der Waals surface area contributed by atoms with Gasteiger partial charge in [0.25, 0.3) is 0 Å². The van der Waals surface area contributed by atoms with Crippen LogP contribution in [0.25, 0.3) is 0 Å². The highest BCUT2D eigenvalue weighted by Crippen LogP contribution is 2.55. The molecule has 0 saturated carbocycles. The minimum atomic E-state index is -0.317. The molecule has 21 heavy (non-hydrogen) atoms. The fourth-order valence-corrected chi connectivity index (χ4v) is 3.73. The maximum atomic E-state index is 12.4. The van der Waals surface area contributed by atoms with Gasteiger partial charge in [0.2, 0.25) is 0 Å². The third kappa shape index (κ3) is 2.28. The molecule has 3 atom stereocenters. The molecular formula is C18H24O3. The van der Waals surface area contributed by atoms with Crippen LogP contribution in [0.15, 0.2) is 24.3 Å². The predicted molar refractivity (Wildman–Crippen MR) is 81.3 cm³/mol. The molecule has 3 unspecified atom stereocenters. The number of rotatable bonds is 3. The van der Waals surface area contributed by atoms with E-state index in [2.05, 4.69) is 20.8 Å². The van der Waals surface area contributed by atoms with Crippen molar-refractivity contribution in [1.29, 1.82) is 0 Å². The summed E-state index contributed by atoms with van der Waals surface area (Å²) < 4.78 is 12.1. The molecular weight excluding hydrogens is 264 g/mol. The molecule has 1 aromatic rings. The van der Waals surface area contributed by atoms with Crippen molar-refractivity contribution in [3.05, 3.63) is 35.4 Å². The molecule has 3 nitrogen and oxygen atoms in total. The summed E-state index contributed by atoms with van der Waals surface area (Å²) in [5.74, 6) is 0.218. The average molecular weight is 288 g/mol. The van der Waals surface area contributed by atoms with Gasteiger partial charge in [-0.25, -0.2) is 4.79 Å². The van der Waals surface area contributed by atoms with Crippen LogP contribution in [0, 0.1) is 12.8 Å². The monoisotopic (exact) mass is 288 g/mol. The van der Waals surface area contributed by atoms with Crippen LogP contribution in [-0.4, -0.2) is 23.3 Å². The van der Waals surface area contributed by atoms with Crippen LogP contribution in [0.1, 0.15) is 56.0 Å². The van der Waals surface area contributed by atoms with Crippen molar-refractivity contribution in [3.8, 4) is 0 Å². The molecule has 0 radical (unpaired) electrons. The third-order valence-electron chi connectivity index (χ3n) is 5.36. The number of fused-ring (bicyclic) bond motifs is 2. The summed E-state index contributed by atoms with van der Waals surface area (Å²) in [6.45, 7) is 8.40. The SMILES string of the molecule is Cc1ccccc1C(=O)OC1CC2(C(C)C)CCC1(C)O2. The van der Waals surface area contributed by atoms with E-state index in [-0.39, 0.29) is 23.3 Å². The van der Waals surface area contributed by atoms with Gasteiger partial charge in [0.05, 0.1) is 11.2 Å². The molecule has 2 saturated heterocycles. The van der Waals surface area contributed by atoms with Crippen LogP contribution in [-0.2, 0) is 9.47 Å². The number of esters is 1. The van der Waals surface area contributed by atoms with Gasteiger partial charge in [-0.3, -0.25) is 0 Å². The lowest BCUT2D eigenvalue weighted by Gasteiger charge is -2.31. The van der Waals surface area contributed by atoms with Crippen LogP contribution in [0.3, 0.4) is 0 Å². The van der Waals surface area contributed by atoms with Gasteiger partial charge in [-0.1, -0.05) is 32.0 Å². The third-order valence-corrected chi connectivity index (χ3v) is 5.36. The van der Waals surface area contributed by atoms with E-state index in [9.17, 15) is 4.79 Å². The lowest BCUT2D eigenvalue weighted by molar-refractivity contribution is -0.0836. The van der Waals surface area contributed by atoms with Gasteiger partial charge in [-0.2, -0.15) is 0 Å². The molecule has 0 amide bonds. The Balaban J connectivity index is 1.78. The van der Waals surface area contributed by atoms with E-state index in [4.69, 9.17) is 9.47 Å². The molecule has 2 bridgehead atoms. The molecule has 1 aromatic carbocycles. The second kappa shape index (κ2) is 4.84. The first-order valence-corrected chi connectivity index (χ1v) is 7.83. The number of carbonyl (C=O) groups is 1. The van der Waals surface area contributed by atoms with Crippen LogP contribution in [0.4, 0.5) is 0 Å². The topological polar surface area (TPSA) is 35.5 Å². The van der Waals surface area contributed by atoms with Gasteiger partial charge in [0.15, 0.2) is 0 Å². The summed E-state index contributed by atoms with van der Waals surface area (Å²) in [4.78, 5) is 12.4. The maximum absolute atomic E-state index is 12.4. The number of carbonyl (C=O) groups excluding carboxylic acids is 1. The Morgan fingerprint density at radius 2 is 2.05 bits per heavy atom. The van der Waals surface area contributed by atoms with Gasteiger partial charge in [-0.05, 0) is 44.2 Å². The maximum Gasteiger partial charge on any atom is 0.338 e. The van der Waals surface area contributed by atoms with E-state index in [1.807, 2.05) is 31.2 Å². The molecule has 2 heterocycles. The smallest absolute Gasteiger partial charge is 0.338 e. The lowest BCUT2D eigenvalue weighted by atomic mass is 9.75. The Morgan fingerprint density at radius 1 is 1.33 bits per heavy atom. The summed E-state index contributed by atoms with van der Waals surface area (Å²) in [7, 11) is 0. The van der Waals surface area contributed by atoms with Crippen molar-refractivity contribution >= 4 is 5.97 Å². The van der Waals surface area contributed by atoms with Gasteiger partial charge >= 0.3 is 5.97 Å². The second-order valence-corrected chi connectivity index (χ2v) is 7.05. The predicted octanol–water partition coefficient (Wildman–Crippen LogP) is 3.89. The summed E-state index contributed by atoms with van der Waals surface area (Å²) in [6, 6.07) is 7.57. The molecule has 3 heteroatoms. The molecule has 2 fully saturated rings. The summed E-state index contributed by atoms with van der Waals surface area (Å²) in [6.07, 6.45) is 2.72. The van der Waals surface area contributed by atoms with Crippen molar-refractivity contribution in [3.63, 3.8) is 0 Å². The molecule has 0 aromatic heterocycles. The number of hydrogen-bond donors (Lipinski definition) is 0. The van der Waals surface area contributed by atoms with Gasteiger partial charge < -0.3 is 9.47 Å². The Labute approximate surface area is 126 Å². The van der Waals surface area contributed by atoms with E-state index in [0.717, 1.165) is 24.8 Å². The highest BCUT2D eigenvalue weighted by atomic mass is 16.6. The zero-order valence-electron chi connectivity index (χ0n) is 13.3. The van der Waals surface area contributed by atoms with Crippen molar-refractivity contribution in [2.45, 2.75) is 64.3 Å². The first kappa shape index (κ1) is 14.6. The lowest BCUT2D eigenvalue weighted by Crippen LogP contribution is -2.40. The molecule has 0 spiro atoms. The van der Waals surface area contributed by atoms with Gasteiger partial charge in [0, 0.05) is 6.42 Å². The van der Waals surface area contributed by atoms with Crippen LogP contribution in [0.2, 0.25) is 0 Å². The highest BCUT2D eigenvalue weighted by molar-refractivity contribution is 5.91. The van der Waals surface area contributed by atoms with Crippen LogP contribution < -0.4 is 0 Å². The first-order valence-electron chi connectivity index (χ1n) is 7.83. The van der Waals surface area contributed by atoms with Crippen LogP contribution >= 0.6 is 0 Å². The Morgan fingerprint density at radius 3 is 2.67 bits per heavy atom. The van der Waals surface area contributed by atoms with Crippen LogP contribution in [0.5, 0.6) is 0 Å². The van der Waals surface area contributed by atoms with E-state index in [1.54, 1.807) is 0 Å². The standard InChI is InChI=1S/C18H24O3/c1-12(2)18-10-9-17(4,21-18)15(11-18)20-16(19)14-8-6-5-7-13(14)3/h5-8,12,15H,9-11H2,1-4H3. The minimum absolute atomic E-state index is 0.106. The van der Waals surface area contributed by atoms with E-state index in [1.165, 1.54) is 0 Å². The van der Waals surface area contributed by atoms with E-state index < -0.39 is 0 Å². The van der Waals surface area contributed by atoms with E-state index >= 15 is 0 Å². The average Bonchev–Trinajstić information content (AvgIpc) is 2.91. The van der Waals surface area contributed by atoms with E-state index in [0.29, 0.717) is 11.5 Å². The molecule has 3 rings (SSSR count). The van der Waals surface area contributed by atoms with Gasteiger partial charge in [-0.15, -0.1) is 0 Å². The summed E-state index contributed by atoms with van der Waals surface area (Å²) >= 11 is 0. The van der Waals surface area contributed by atoms with Crippen molar-refractivity contribution in [2.24, 2.45) is 5.92 Å². The number of hydrogen-bond acceptors (Lipinski definition) is 3. The quantitative estimate of drug-likeness (QED) is 0.792. The van der Waals surface area contributed by atoms with Crippen molar-refractivity contribution < 1.29 is 14.3 Å². The molecule has 2 aliphatic rings. The Hall–Kier alpha value is -1.35. The van der Waals surface area contributed by atoms with Gasteiger partial charge in [0.1, 0.15) is 11.7 Å². The molecule has 114 valence electrons. The Bertz CT molecular complexity index is 565. The zero-order valence-corrected chi connectivity index (χ0v) is 13.3. The highest BCUT2D eigenvalue weighted by Gasteiger charge is 2.61. The molecule has 0 aliphatic carbocycles. The van der Waals surface area contributed by atoms with Crippen molar-refractivity contribution in [2.75, 3.05) is 0 Å². The second-order valence-electron chi connectivity index (χ2n) is 7.05.